The Balaban J connectivity index is 1.54. The van der Waals surface area contributed by atoms with E-state index >= 15 is 0 Å². The van der Waals surface area contributed by atoms with Gasteiger partial charge in [-0.15, -0.1) is 11.8 Å². The first-order valence-corrected chi connectivity index (χ1v) is 15.0. The van der Waals surface area contributed by atoms with Crippen molar-refractivity contribution in [2.45, 2.75) is 62.8 Å². The van der Waals surface area contributed by atoms with E-state index in [-0.39, 0.29) is 35.7 Å². The third-order valence-electron chi connectivity index (χ3n) is 7.68. The van der Waals surface area contributed by atoms with Crippen LogP contribution in [0.1, 0.15) is 46.5 Å². The molecule has 0 radical (unpaired) electrons. The number of nitrogens with zero attached hydrogens (tertiary/aromatic N) is 1. The van der Waals surface area contributed by atoms with Crippen LogP contribution >= 0.6 is 11.8 Å². The van der Waals surface area contributed by atoms with Crippen LogP contribution in [0.25, 0.3) is 0 Å². The van der Waals surface area contributed by atoms with Gasteiger partial charge in [0.25, 0.3) is 11.8 Å². The maximum Gasteiger partial charge on any atom is 0.419 e. The topological polar surface area (TPSA) is 119 Å². The predicted molar refractivity (Wildman–Crippen MR) is 161 cm³/mol. The van der Waals surface area contributed by atoms with E-state index in [0.717, 1.165) is 11.6 Å². The lowest BCUT2D eigenvalue weighted by molar-refractivity contribution is -0.147. The first-order chi connectivity index (χ1) is 21.1. The van der Waals surface area contributed by atoms with Gasteiger partial charge in [0.15, 0.2) is 6.10 Å². The zero-order chi connectivity index (χ0) is 33.1. The van der Waals surface area contributed by atoms with E-state index in [2.05, 4.69) is 10.6 Å². The summed E-state index contributed by atoms with van der Waals surface area (Å²) >= 11 is 1.28. The molecule has 8 nitrogen and oxygen atoms in total. The molecule has 0 aromatic heterocycles. The number of aliphatic hydroxyl groups excluding tert-OH is 1. The Bertz CT molecular complexity index is 1570. The molecule has 240 valence electrons. The minimum Gasteiger partial charge on any atom is -0.508 e. The number of alkyl halides is 3. The lowest BCUT2D eigenvalue weighted by atomic mass is 9.96. The zero-order valence-electron chi connectivity index (χ0n) is 24.7. The second kappa shape index (κ2) is 13.5. The Morgan fingerprint density at radius 3 is 2.38 bits per heavy atom. The normalized spacial score (nSPS) is 17.4. The van der Waals surface area contributed by atoms with Gasteiger partial charge in [0, 0.05) is 22.4 Å². The summed E-state index contributed by atoms with van der Waals surface area (Å²) in [5.74, 6) is -3.62. The van der Waals surface area contributed by atoms with Gasteiger partial charge in [-0.2, -0.15) is 13.2 Å². The molecule has 13 heteroatoms. The van der Waals surface area contributed by atoms with Gasteiger partial charge in [-0.1, -0.05) is 42.5 Å². The van der Waals surface area contributed by atoms with E-state index in [1.54, 1.807) is 51.1 Å². The molecule has 1 saturated heterocycles. The van der Waals surface area contributed by atoms with Crippen LogP contribution in [0, 0.1) is 12.7 Å². The summed E-state index contributed by atoms with van der Waals surface area (Å²) in [6.45, 7) is 4.72. The summed E-state index contributed by atoms with van der Waals surface area (Å²) in [6.07, 6.45) is -6.57. The second-order valence-corrected chi connectivity index (χ2v) is 12.9. The van der Waals surface area contributed by atoms with Gasteiger partial charge in [-0.25, -0.2) is 4.39 Å². The quantitative estimate of drug-likeness (QED) is 0.253. The van der Waals surface area contributed by atoms with Gasteiger partial charge in [-0.3, -0.25) is 14.4 Å². The molecule has 1 aliphatic heterocycles. The van der Waals surface area contributed by atoms with Crippen LogP contribution in [0.4, 0.5) is 17.6 Å². The average molecular weight is 648 g/mol. The number of benzene rings is 3. The first kappa shape index (κ1) is 33.8. The van der Waals surface area contributed by atoms with Crippen molar-refractivity contribution < 1.29 is 42.2 Å². The minimum atomic E-state index is -4.86. The second-order valence-electron chi connectivity index (χ2n) is 11.3. The molecule has 4 rings (SSSR count). The number of aromatic hydroxyl groups is 1. The summed E-state index contributed by atoms with van der Waals surface area (Å²) in [5, 5.41) is 26.7. The Kier molecular flexibility index (Phi) is 10.1. The Labute approximate surface area is 261 Å². The lowest BCUT2D eigenvalue weighted by Crippen LogP contribution is -2.58. The number of carbonyl (C=O) groups is 3. The van der Waals surface area contributed by atoms with Crippen molar-refractivity contribution in [2.24, 2.45) is 0 Å². The van der Waals surface area contributed by atoms with E-state index in [9.17, 15) is 42.2 Å². The van der Waals surface area contributed by atoms with Crippen molar-refractivity contribution >= 4 is 29.5 Å². The van der Waals surface area contributed by atoms with Crippen LogP contribution in [-0.4, -0.2) is 61.6 Å². The molecule has 0 aliphatic carbocycles. The van der Waals surface area contributed by atoms with Crippen molar-refractivity contribution in [3.63, 3.8) is 0 Å². The number of amides is 3. The van der Waals surface area contributed by atoms with E-state index in [4.69, 9.17) is 0 Å². The van der Waals surface area contributed by atoms with E-state index in [0.29, 0.717) is 17.7 Å². The van der Waals surface area contributed by atoms with Gasteiger partial charge >= 0.3 is 6.18 Å². The van der Waals surface area contributed by atoms with Crippen molar-refractivity contribution in [2.75, 3.05) is 5.88 Å². The molecule has 45 heavy (non-hydrogen) atoms. The number of rotatable bonds is 9. The summed E-state index contributed by atoms with van der Waals surface area (Å²) in [5.41, 5.74) is -0.147. The first-order valence-electron chi connectivity index (χ1n) is 14.0. The highest BCUT2D eigenvalue weighted by molar-refractivity contribution is 8.00. The maximum absolute atomic E-state index is 14.1. The van der Waals surface area contributed by atoms with Crippen molar-refractivity contribution in [1.82, 2.24) is 15.5 Å². The summed E-state index contributed by atoms with van der Waals surface area (Å²) < 4.78 is 52.0. The van der Waals surface area contributed by atoms with E-state index in [1.165, 1.54) is 34.9 Å². The van der Waals surface area contributed by atoms with Gasteiger partial charge in [0.05, 0.1) is 17.5 Å². The van der Waals surface area contributed by atoms with Crippen LogP contribution in [-0.2, 0) is 28.7 Å². The molecular weight excluding hydrogens is 614 g/mol. The van der Waals surface area contributed by atoms with Gasteiger partial charge in [-0.05, 0) is 62.6 Å². The molecule has 3 atom stereocenters. The number of carbonyl (C=O) groups excluding carboxylic acids is 3. The fourth-order valence-electron chi connectivity index (χ4n) is 5.16. The number of hydrogen-bond donors (Lipinski definition) is 4. The number of phenols is 1. The standard InChI is InChI=1S/C32H33F4N3O5S/c1-18-21(10-7-11-25(18)40)28(42)38-24(15-19-8-5-4-6-9-19)26(41)30(44)39-17-45-31(2,3)27(39)29(43)37-16-20-12-13-22(23(33)14-20)32(34,35)36/h4-14,24,26-27,40-41H,15-17H2,1-3H3,(H,37,43)(H,38,42)/t24-,26-,27?/m0/s1. The van der Waals surface area contributed by atoms with Crippen LogP contribution in [0.3, 0.4) is 0 Å². The molecule has 0 bridgehead atoms. The molecule has 3 aromatic rings. The van der Waals surface area contributed by atoms with Crippen molar-refractivity contribution in [3.05, 3.63) is 100 Å². The molecule has 0 saturated carbocycles. The molecule has 3 aromatic carbocycles. The number of halogens is 4. The van der Waals surface area contributed by atoms with Gasteiger partial charge in [0.2, 0.25) is 5.91 Å². The number of aliphatic hydroxyl groups is 1. The molecule has 0 spiro atoms. The average Bonchev–Trinajstić information content (AvgIpc) is 3.30. The Morgan fingerprint density at radius 1 is 1.04 bits per heavy atom. The van der Waals surface area contributed by atoms with Crippen LogP contribution in [0.5, 0.6) is 5.75 Å². The fraction of sp³-hybridized carbons (Fsp3) is 0.344. The third-order valence-corrected chi connectivity index (χ3v) is 9.06. The fourth-order valence-corrected chi connectivity index (χ4v) is 6.30. The number of nitrogens with one attached hydrogen (secondary N) is 2. The molecular formula is C32H33F4N3O5S. The van der Waals surface area contributed by atoms with Crippen LogP contribution in [0.15, 0.2) is 66.7 Å². The molecule has 1 unspecified atom stereocenters. The number of phenolic OH excluding ortho intramolecular Hbond substituents is 1. The van der Waals surface area contributed by atoms with Gasteiger partial charge < -0.3 is 25.7 Å². The molecule has 1 fully saturated rings. The number of hydrogen-bond acceptors (Lipinski definition) is 6. The van der Waals surface area contributed by atoms with Crippen molar-refractivity contribution in [1.29, 1.82) is 0 Å². The number of thioether (sulfide) groups is 1. The molecule has 3 amide bonds. The monoisotopic (exact) mass is 647 g/mol. The largest absolute Gasteiger partial charge is 0.508 e. The highest BCUT2D eigenvalue weighted by Gasteiger charge is 2.49. The van der Waals surface area contributed by atoms with Crippen LogP contribution in [0.2, 0.25) is 0 Å². The lowest BCUT2D eigenvalue weighted by Gasteiger charge is -2.33. The SMILES string of the molecule is Cc1c(O)cccc1C(=O)N[C@@H](Cc1ccccc1)[C@H](O)C(=O)N1CSC(C)(C)C1C(=O)NCc1ccc(C(F)(F)F)c(F)c1. The van der Waals surface area contributed by atoms with Crippen LogP contribution < -0.4 is 10.6 Å². The molecule has 1 heterocycles. The maximum atomic E-state index is 14.1. The molecule has 1 aliphatic rings. The highest BCUT2D eigenvalue weighted by atomic mass is 32.2. The minimum absolute atomic E-state index is 0.0353. The summed E-state index contributed by atoms with van der Waals surface area (Å²) in [4.78, 5) is 41.7. The Hall–Kier alpha value is -4.10. The van der Waals surface area contributed by atoms with E-state index in [1.807, 2.05) is 0 Å². The summed E-state index contributed by atoms with van der Waals surface area (Å²) in [7, 11) is 0. The Morgan fingerprint density at radius 2 is 1.73 bits per heavy atom. The van der Waals surface area contributed by atoms with Gasteiger partial charge in [0.1, 0.15) is 17.6 Å². The highest BCUT2D eigenvalue weighted by Crippen LogP contribution is 2.40. The van der Waals surface area contributed by atoms with Crippen molar-refractivity contribution in [3.8, 4) is 5.75 Å². The van der Waals surface area contributed by atoms with E-state index < -0.39 is 58.2 Å². The smallest absolute Gasteiger partial charge is 0.419 e. The molecule has 4 N–H and O–H groups in total. The zero-order valence-corrected chi connectivity index (χ0v) is 25.5. The summed E-state index contributed by atoms with van der Waals surface area (Å²) in [6, 6.07) is 13.4. The third kappa shape index (κ3) is 7.77. The predicted octanol–water partition coefficient (Wildman–Crippen LogP) is 4.56.